The van der Waals surface area contributed by atoms with Crippen LogP contribution in [0.5, 0.6) is 11.5 Å². The zero-order chi connectivity index (χ0) is 39.7. The van der Waals surface area contributed by atoms with Gasteiger partial charge in [0.05, 0.1) is 32.3 Å². The van der Waals surface area contributed by atoms with Crippen molar-refractivity contribution in [3.05, 3.63) is 136 Å². The molecule has 0 aliphatic rings. The van der Waals surface area contributed by atoms with Crippen molar-refractivity contribution in [1.29, 1.82) is 0 Å². The minimum Gasteiger partial charge on any atom is -0.521 e. The summed E-state index contributed by atoms with van der Waals surface area (Å²) in [5.74, 6) is -37.8. The Kier molecular flexibility index (Phi) is 7.95. The standard InChI is InChI=1S/C36H7BF16O2/c38-8-5-9-11(1-2-12(39)17(9)14(41)6-8)37(54-16-4-3-13(40)18-10(16)7-15(42)25(43)26(18)44)55-36-24-20-19-21(27(45)28(46)23(20)32(50)35(36)53)30(48)34(52)31(49)22(19)29(47)33(24)51/h1-7H. The molecule has 0 N–H and O–H groups in total. The quantitative estimate of drug-likeness (QED) is 0.0749. The lowest BCUT2D eigenvalue weighted by Gasteiger charge is -2.23. The lowest BCUT2D eigenvalue weighted by atomic mass is 9.75. The fraction of sp³-hybridized carbons (Fsp3) is 0. The lowest BCUT2D eigenvalue weighted by Crippen LogP contribution is -2.43. The zero-order valence-corrected chi connectivity index (χ0v) is 26.0. The third kappa shape index (κ3) is 4.86. The average molecular weight is 786 g/mol. The molecule has 19 heteroatoms. The Balaban J connectivity index is 1.49. The minimum atomic E-state index is -2.75. The van der Waals surface area contributed by atoms with Crippen LogP contribution < -0.4 is 14.8 Å². The fourth-order valence-corrected chi connectivity index (χ4v) is 6.61. The second-order valence-corrected chi connectivity index (χ2v) is 11.9. The molecule has 8 aromatic carbocycles. The average Bonchev–Trinajstić information content (AvgIpc) is 3.13. The van der Waals surface area contributed by atoms with Crippen LogP contribution in [-0.4, -0.2) is 7.12 Å². The van der Waals surface area contributed by atoms with Crippen LogP contribution in [0.2, 0.25) is 0 Å². The van der Waals surface area contributed by atoms with Crippen LogP contribution in [0.3, 0.4) is 0 Å². The lowest BCUT2D eigenvalue weighted by molar-refractivity contribution is 0.408. The van der Waals surface area contributed by atoms with E-state index < -0.39 is 171 Å². The maximum Gasteiger partial charge on any atom is 0.633 e. The summed E-state index contributed by atoms with van der Waals surface area (Å²) < 4.78 is 252. The van der Waals surface area contributed by atoms with E-state index in [1.807, 2.05) is 0 Å². The van der Waals surface area contributed by atoms with E-state index in [4.69, 9.17) is 9.31 Å². The number of hydrogen-bond acceptors (Lipinski definition) is 2. The van der Waals surface area contributed by atoms with Crippen LogP contribution in [0.25, 0.3) is 53.9 Å². The summed E-state index contributed by atoms with van der Waals surface area (Å²) in [7, 11) is -2.75. The molecule has 278 valence electrons. The van der Waals surface area contributed by atoms with Crippen LogP contribution >= 0.6 is 0 Å². The molecule has 0 amide bonds. The number of hydrogen-bond donors (Lipinski definition) is 0. The van der Waals surface area contributed by atoms with Gasteiger partial charge in [0, 0.05) is 27.7 Å². The molecule has 0 heterocycles. The highest BCUT2D eigenvalue weighted by molar-refractivity contribution is 6.66. The smallest absolute Gasteiger partial charge is 0.521 e. The first-order valence-corrected chi connectivity index (χ1v) is 15.0. The van der Waals surface area contributed by atoms with Crippen LogP contribution in [0.15, 0.2) is 42.5 Å². The molecule has 0 spiro atoms. The van der Waals surface area contributed by atoms with Crippen LogP contribution in [0.4, 0.5) is 70.2 Å². The predicted molar refractivity (Wildman–Crippen MR) is 164 cm³/mol. The Morgan fingerprint density at radius 2 is 0.818 bits per heavy atom. The normalized spacial score (nSPS) is 12.0. The summed E-state index contributed by atoms with van der Waals surface area (Å²) >= 11 is 0. The molecule has 55 heavy (non-hydrogen) atoms. The van der Waals surface area contributed by atoms with Gasteiger partial charge in [-0.15, -0.1) is 0 Å². The van der Waals surface area contributed by atoms with Crippen molar-refractivity contribution in [3.8, 4) is 11.5 Å². The molecule has 0 bridgehead atoms. The van der Waals surface area contributed by atoms with Gasteiger partial charge in [-0.3, -0.25) is 0 Å². The maximum atomic E-state index is 16.1. The van der Waals surface area contributed by atoms with Gasteiger partial charge in [-0.05, 0) is 35.7 Å². The van der Waals surface area contributed by atoms with Gasteiger partial charge < -0.3 is 9.31 Å². The van der Waals surface area contributed by atoms with Crippen molar-refractivity contribution in [2.45, 2.75) is 0 Å². The highest BCUT2D eigenvalue weighted by Crippen LogP contribution is 2.48. The summed E-state index contributed by atoms with van der Waals surface area (Å²) in [5, 5.41) is -14.7. The first kappa shape index (κ1) is 35.9. The van der Waals surface area contributed by atoms with Crippen LogP contribution in [0.1, 0.15) is 0 Å². The van der Waals surface area contributed by atoms with Crippen LogP contribution in [-0.2, 0) is 0 Å². The van der Waals surface area contributed by atoms with E-state index in [1.54, 1.807) is 0 Å². The van der Waals surface area contributed by atoms with Crippen molar-refractivity contribution in [1.82, 2.24) is 0 Å². The van der Waals surface area contributed by atoms with E-state index in [2.05, 4.69) is 0 Å². The van der Waals surface area contributed by atoms with Gasteiger partial charge in [-0.2, -0.15) is 4.39 Å². The van der Waals surface area contributed by atoms with Gasteiger partial charge in [0.2, 0.25) is 0 Å². The molecule has 0 aromatic heterocycles. The maximum absolute atomic E-state index is 16.1. The number of rotatable bonds is 5. The molecule has 0 aliphatic heterocycles. The van der Waals surface area contributed by atoms with Crippen molar-refractivity contribution in [2.75, 3.05) is 0 Å². The summed E-state index contributed by atoms with van der Waals surface area (Å²) in [5.41, 5.74) is -0.849. The molecular formula is C36H7BF16O2. The van der Waals surface area contributed by atoms with Crippen molar-refractivity contribution in [3.63, 3.8) is 0 Å². The van der Waals surface area contributed by atoms with Gasteiger partial charge in [-0.1, -0.05) is 6.07 Å². The second kappa shape index (κ2) is 12.2. The molecule has 0 aliphatic carbocycles. The van der Waals surface area contributed by atoms with E-state index in [-0.39, 0.29) is 12.1 Å². The molecule has 0 saturated heterocycles. The number of fused-ring (bicyclic) bond motifs is 2. The Bertz CT molecular complexity index is 3000. The highest BCUT2D eigenvalue weighted by atomic mass is 19.2. The van der Waals surface area contributed by atoms with E-state index in [1.165, 1.54) is 0 Å². The van der Waals surface area contributed by atoms with E-state index in [9.17, 15) is 43.9 Å². The Hall–Kier alpha value is -6.14. The zero-order valence-electron chi connectivity index (χ0n) is 26.0. The summed E-state index contributed by atoms with van der Waals surface area (Å²) in [4.78, 5) is 0. The van der Waals surface area contributed by atoms with Crippen molar-refractivity contribution in [2.24, 2.45) is 0 Å². The van der Waals surface area contributed by atoms with Gasteiger partial charge in [0.25, 0.3) is 0 Å². The Labute approximate surface area is 293 Å². The molecule has 0 fully saturated rings. The fourth-order valence-electron chi connectivity index (χ4n) is 6.61. The van der Waals surface area contributed by atoms with Crippen molar-refractivity contribution >= 4 is 66.4 Å². The number of benzene rings is 8. The third-order valence-corrected chi connectivity index (χ3v) is 8.95. The molecule has 8 aromatic rings. The van der Waals surface area contributed by atoms with Gasteiger partial charge in [0.1, 0.15) is 29.0 Å². The molecule has 0 unspecified atom stereocenters. The predicted octanol–water partition coefficient (Wildman–Crippen LogP) is 11.0. The van der Waals surface area contributed by atoms with E-state index >= 15 is 26.3 Å². The number of halogens is 16. The summed E-state index contributed by atoms with van der Waals surface area (Å²) in [6.07, 6.45) is 0. The Morgan fingerprint density at radius 3 is 1.44 bits per heavy atom. The molecule has 8 rings (SSSR count). The van der Waals surface area contributed by atoms with E-state index in [0.717, 1.165) is 0 Å². The largest absolute Gasteiger partial charge is 0.633 e. The van der Waals surface area contributed by atoms with Gasteiger partial charge in [0.15, 0.2) is 75.6 Å². The summed E-state index contributed by atoms with van der Waals surface area (Å²) in [6, 6.07) is 2.86. The first-order chi connectivity index (χ1) is 26.0. The molecule has 0 atom stereocenters. The topological polar surface area (TPSA) is 18.5 Å². The third-order valence-electron chi connectivity index (χ3n) is 8.95. The highest BCUT2D eigenvalue weighted by Gasteiger charge is 2.39. The summed E-state index contributed by atoms with van der Waals surface area (Å²) in [6.45, 7) is 0. The van der Waals surface area contributed by atoms with Gasteiger partial charge >= 0.3 is 7.12 Å². The van der Waals surface area contributed by atoms with E-state index in [0.29, 0.717) is 30.3 Å². The molecule has 0 saturated carbocycles. The van der Waals surface area contributed by atoms with Crippen molar-refractivity contribution < 1.29 is 79.6 Å². The molecule has 2 nitrogen and oxygen atoms in total. The monoisotopic (exact) mass is 786 g/mol. The Morgan fingerprint density at radius 1 is 0.327 bits per heavy atom. The molecule has 0 radical (unpaired) electrons. The van der Waals surface area contributed by atoms with Gasteiger partial charge in [-0.25, -0.2) is 65.9 Å². The first-order valence-electron chi connectivity index (χ1n) is 15.0. The molecular weight excluding hydrogens is 779 g/mol. The minimum absolute atomic E-state index is 0.177. The van der Waals surface area contributed by atoms with Crippen LogP contribution in [0, 0.1) is 93.1 Å². The SMILES string of the molecule is Fc1cc(F)c2c(F)ccc(B(Oc3ccc(F)c4c(F)c(F)c(F)cc34)Oc3c(F)c(F)c4c(F)c(F)c5c(F)c(F)c(F)c6c(F)c(F)c3c4c56)c2c1. The second-order valence-electron chi connectivity index (χ2n) is 11.9.